The summed E-state index contributed by atoms with van der Waals surface area (Å²) in [6.45, 7) is -0.0757. The molecule has 2 rings (SSSR count). The number of carbonyl (C=O) groups excluding carboxylic acids is 2. The van der Waals surface area contributed by atoms with Crippen LogP contribution >= 0.6 is 0 Å². The molecule has 2 amide bonds. The van der Waals surface area contributed by atoms with E-state index in [1.165, 1.54) is 14.2 Å². The molecule has 7 heteroatoms. The van der Waals surface area contributed by atoms with Gasteiger partial charge in [0, 0.05) is 19.0 Å². The maximum atomic E-state index is 12.1. The predicted octanol–water partition coefficient (Wildman–Crippen LogP) is 1.93. The summed E-state index contributed by atoms with van der Waals surface area (Å²) in [6.07, 6.45) is 1.54. The van der Waals surface area contributed by atoms with Gasteiger partial charge in [-0.05, 0) is 30.3 Å². The Hall–Kier alpha value is -2.93. The summed E-state index contributed by atoms with van der Waals surface area (Å²) in [6, 6.07) is 10.00. The van der Waals surface area contributed by atoms with Crippen LogP contribution in [0.2, 0.25) is 0 Å². The zero-order valence-electron chi connectivity index (χ0n) is 12.8. The van der Waals surface area contributed by atoms with Crippen LogP contribution in [0.3, 0.4) is 0 Å². The molecular formula is C16H17N3O4. The average molecular weight is 315 g/mol. The molecule has 0 saturated carbocycles. The fourth-order valence-corrected chi connectivity index (χ4v) is 1.89. The molecule has 0 fully saturated rings. The van der Waals surface area contributed by atoms with E-state index in [-0.39, 0.29) is 18.4 Å². The molecule has 0 aliphatic carbocycles. The lowest BCUT2D eigenvalue weighted by atomic mass is 10.2. The fraction of sp³-hybridized carbons (Fsp3) is 0.188. The molecule has 120 valence electrons. The van der Waals surface area contributed by atoms with E-state index in [9.17, 15) is 9.59 Å². The SMILES string of the molecule is COCC(=O)Nc1cc(NC(=O)c2ccccn2)ccc1OC. The summed E-state index contributed by atoms with van der Waals surface area (Å²) in [4.78, 5) is 27.7. The van der Waals surface area contributed by atoms with Crippen LogP contribution in [0.5, 0.6) is 5.75 Å². The highest BCUT2D eigenvalue weighted by Crippen LogP contribution is 2.28. The summed E-state index contributed by atoms with van der Waals surface area (Å²) < 4.78 is 9.96. The summed E-state index contributed by atoms with van der Waals surface area (Å²) in [7, 11) is 2.92. The van der Waals surface area contributed by atoms with Crippen molar-refractivity contribution < 1.29 is 19.1 Å². The normalized spacial score (nSPS) is 10.0. The first-order valence-electron chi connectivity index (χ1n) is 6.83. The first-order valence-corrected chi connectivity index (χ1v) is 6.83. The van der Waals surface area contributed by atoms with Crippen LogP contribution in [0.15, 0.2) is 42.6 Å². The number of nitrogens with one attached hydrogen (secondary N) is 2. The van der Waals surface area contributed by atoms with Gasteiger partial charge in [0.05, 0.1) is 12.8 Å². The van der Waals surface area contributed by atoms with Crippen molar-refractivity contribution in [2.24, 2.45) is 0 Å². The Labute approximate surface area is 133 Å². The summed E-state index contributed by atoms with van der Waals surface area (Å²) in [5, 5.41) is 5.38. The van der Waals surface area contributed by atoms with Gasteiger partial charge in [-0.15, -0.1) is 0 Å². The summed E-state index contributed by atoms with van der Waals surface area (Å²) >= 11 is 0. The first-order chi connectivity index (χ1) is 11.1. The number of rotatable bonds is 6. The maximum Gasteiger partial charge on any atom is 0.274 e. The van der Waals surface area contributed by atoms with E-state index in [1.54, 1.807) is 42.6 Å². The second kappa shape index (κ2) is 7.90. The van der Waals surface area contributed by atoms with Gasteiger partial charge < -0.3 is 20.1 Å². The van der Waals surface area contributed by atoms with E-state index in [1.807, 2.05) is 0 Å². The lowest BCUT2D eigenvalue weighted by Gasteiger charge is -2.12. The third-order valence-electron chi connectivity index (χ3n) is 2.90. The van der Waals surface area contributed by atoms with Gasteiger partial charge in [-0.2, -0.15) is 0 Å². The number of aromatic nitrogens is 1. The molecule has 0 unspecified atom stereocenters. The van der Waals surface area contributed by atoms with Crippen LogP contribution in [0.25, 0.3) is 0 Å². The number of hydrogen-bond donors (Lipinski definition) is 2. The predicted molar refractivity (Wildman–Crippen MR) is 85.7 cm³/mol. The number of ether oxygens (including phenoxy) is 2. The molecule has 0 saturated heterocycles. The Morgan fingerprint density at radius 3 is 2.61 bits per heavy atom. The minimum Gasteiger partial charge on any atom is -0.495 e. The minimum atomic E-state index is -0.343. The van der Waals surface area contributed by atoms with Crippen molar-refractivity contribution in [1.29, 1.82) is 0 Å². The van der Waals surface area contributed by atoms with Crippen LogP contribution in [0, 0.1) is 0 Å². The Kier molecular flexibility index (Phi) is 5.65. The van der Waals surface area contributed by atoms with Crippen molar-refractivity contribution >= 4 is 23.2 Å². The largest absolute Gasteiger partial charge is 0.495 e. The highest BCUT2D eigenvalue weighted by molar-refractivity contribution is 6.03. The Bertz CT molecular complexity index is 689. The standard InChI is InChI=1S/C16H17N3O4/c1-22-10-15(20)19-13-9-11(6-7-14(13)23-2)18-16(21)12-5-3-4-8-17-12/h3-9H,10H2,1-2H3,(H,18,21)(H,19,20). The van der Waals surface area contributed by atoms with Crippen molar-refractivity contribution in [3.63, 3.8) is 0 Å². The van der Waals surface area contributed by atoms with Crippen molar-refractivity contribution in [1.82, 2.24) is 4.98 Å². The van der Waals surface area contributed by atoms with Crippen LogP contribution in [0.1, 0.15) is 10.5 Å². The van der Waals surface area contributed by atoms with Crippen molar-refractivity contribution in [3.8, 4) is 5.75 Å². The molecule has 0 aliphatic rings. The Morgan fingerprint density at radius 1 is 1.13 bits per heavy atom. The van der Waals surface area contributed by atoms with Crippen molar-refractivity contribution in [2.75, 3.05) is 31.5 Å². The lowest BCUT2D eigenvalue weighted by molar-refractivity contribution is -0.119. The van der Waals surface area contributed by atoms with E-state index in [4.69, 9.17) is 9.47 Å². The molecule has 0 atom stereocenters. The number of pyridine rings is 1. The van der Waals surface area contributed by atoms with Gasteiger partial charge in [0.25, 0.3) is 5.91 Å². The van der Waals surface area contributed by atoms with Gasteiger partial charge in [-0.25, -0.2) is 0 Å². The lowest BCUT2D eigenvalue weighted by Crippen LogP contribution is -2.18. The van der Waals surface area contributed by atoms with E-state index in [0.29, 0.717) is 22.8 Å². The number of anilines is 2. The molecule has 7 nitrogen and oxygen atoms in total. The molecule has 0 aliphatic heterocycles. The van der Waals surface area contributed by atoms with Crippen molar-refractivity contribution in [2.45, 2.75) is 0 Å². The van der Waals surface area contributed by atoms with Crippen molar-refractivity contribution in [3.05, 3.63) is 48.3 Å². The van der Waals surface area contributed by atoms with Gasteiger partial charge >= 0.3 is 0 Å². The monoisotopic (exact) mass is 315 g/mol. The molecular weight excluding hydrogens is 298 g/mol. The highest BCUT2D eigenvalue weighted by Gasteiger charge is 2.11. The number of amides is 2. The fourth-order valence-electron chi connectivity index (χ4n) is 1.89. The summed E-state index contributed by atoms with van der Waals surface area (Å²) in [5.41, 5.74) is 1.25. The van der Waals surface area contributed by atoms with Crippen LogP contribution in [-0.4, -0.2) is 37.6 Å². The second-order valence-corrected chi connectivity index (χ2v) is 4.57. The van der Waals surface area contributed by atoms with E-state index >= 15 is 0 Å². The molecule has 1 heterocycles. The third kappa shape index (κ3) is 4.52. The summed E-state index contributed by atoms with van der Waals surface area (Å²) in [5.74, 6) is -0.186. The van der Waals surface area contributed by atoms with Crippen LogP contribution in [0.4, 0.5) is 11.4 Å². The molecule has 1 aromatic carbocycles. The van der Waals surface area contributed by atoms with E-state index in [0.717, 1.165) is 0 Å². The third-order valence-corrected chi connectivity index (χ3v) is 2.90. The molecule has 23 heavy (non-hydrogen) atoms. The smallest absolute Gasteiger partial charge is 0.274 e. The molecule has 0 radical (unpaired) electrons. The first kappa shape index (κ1) is 16.4. The van der Waals surface area contributed by atoms with Gasteiger partial charge in [0.2, 0.25) is 5.91 Å². The van der Waals surface area contributed by atoms with E-state index in [2.05, 4.69) is 15.6 Å². The average Bonchev–Trinajstić information content (AvgIpc) is 2.56. The minimum absolute atomic E-state index is 0.0757. The molecule has 1 aromatic heterocycles. The number of carbonyl (C=O) groups is 2. The van der Waals surface area contributed by atoms with E-state index < -0.39 is 0 Å². The van der Waals surface area contributed by atoms with Gasteiger partial charge in [0.15, 0.2) is 0 Å². The van der Waals surface area contributed by atoms with Gasteiger partial charge in [0.1, 0.15) is 18.1 Å². The Balaban J connectivity index is 2.16. The zero-order valence-corrected chi connectivity index (χ0v) is 12.8. The number of nitrogens with zero attached hydrogens (tertiary/aromatic N) is 1. The maximum absolute atomic E-state index is 12.1. The van der Waals surface area contributed by atoms with Gasteiger partial charge in [-0.1, -0.05) is 6.07 Å². The molecule has 0 bridgehead atoms. The number of hydrogen-bond acceptors (Lipinski definition) is 5. The van der Waals surface area contributed by atoms with Crippen LogP contribution < -0.4 is 15.4 Å². The molecule has 0 spiro atoms. The second-order valence-electron chi connectivity index (χ2n) is 4.57. The quantitative estimate of drug-likeness (QED) is 0.850. The number of methoxy groups -OCH3 is 2. The Morgan fingerprint density at radius 2 is 1.96 bits per heavy atom. The number of benzene rings is 1. The highest BCUT2D eigenvalue weighted by atomic mass is 16.5. The zero-order chi connectivity index (χ0) is 16.7. The van der Waals surface area contributed by atoms with Gasteiger partial charge in [-0.3, -0.25) is 14.6 Å². The molecule has 2 aromatic rings. The molecule has 2 N–H and O–H groups in total. The van der Waals surface area contributed by atoms with Crippen LogP contribution in [-0.2, 0) is 9.53 Å². The topological polar surface area (TPSA) is 89.6 Å².